The van der Waals surface area contributed by atoms with E-state index >= 15 is 0 Å². The molecule has 0 fully saturated rings. The average molecular weight is 311 g/mol. The van der Waals surface area contributed by atoms with Gasteiger partial charge in [-0.25, -0.2) is 0 Å². The van der Waals surface area contributed by atoms with Gasteiger partial charge in [-0.05, 0) is 66.8 Å². The number of hydrogen-bond donors (Lipinski definition) is 1. The molecule has 1 aliphatic rings. The molecule has 3 rings (SSSR count). The molecule has 0 saturated carbocycles. The lowest BCUT2D eigenvalue weighted by Gasteiger charge is -2.07. The number of rotatable bonds is 6. The summed E-state index contributed by atoms with van der Waals surface area (Å²) in [4.78, 5) is 13.3. The van der Waals surface area contributed by atoms with Gasteiger partial charge in [0, 0.05) is 17.0 Å². The van der Waals surface area contributed by atoms with Crippen LogP contribution in [0.25, 0.3) is 0 Å². The maximum absolute atomic E-state index is 12.0. The highest BCUT2D eigenvalue weighted by Gasteiger charge is 2.11. The fourth-order valence-corrected chi connectivity index (χ4v) is 3.69. The third-order valence-electron chi connectivity index (χ3n) is 3.94. The summed E-state index contributed by atoms with van der Waals surface area (Å²) in [5.74, 6) is 1.09. The van der Waals surface area contributed by atoms with E-state index in [0.29, 0.717) is 6.42 Å². The number of carbonyl (C=O) groups excluding carboxylic acids is 1. The number of nitrogens with one attached hydrogen (secondary N) is 1. The summed E-state index contributed by atoms with van der Waals surface area (Å²) < 4.78 is 0. The number of carbonyl (C=O) groups is 1. The Morgan fingerprint density at radius 3 is 2.73 bits per heavy atom. The van der Waals surface area contributed by atoms with Gasteiger partial charge in [0.1, 0.15) is 0 Å². The molecule has 0 unspecified atom stereocenters. The van der Waals surface area contributed by atoms with E-state index in [2.05, 4.69) is 29.6 Å². The lowest BCUT2D eigenvalue weighted by atomic mass is 10.1. The Labute approximate surface area is 136 Å². The van der Waals surface area contributed by atoms with Crippen LogP contribution in [0.5, 0.6) is 0 Å². The highest BCUT2D eigenvalue weighted by Crippen LogP contribution is 2.25. The Hall–Kier alpha value is -1.74. The van der Waals surface area contributed by atoms with Crippen molar-refractivity contribution in [3.05, 3.63) is 59.7 Å². The molecule has 0 bridgehead atoms. The molecule has 0 radical (unpaired) electrons. The SMILES string of the molecule is O=C(CCCSc1ccccc1)Nc1ccc2c(c1)CCC2. The van der Waals surface area contributed by atoms with E-state index in [9.17, 15) is 4.79 Å². The van der Waals surface area contributed by atoms with Crippen LogP contribution >= 0.6 is 11.8 Å². The van der Waals surface area contributed by atoms with Crippen molar-refractivity contribution in [1.29, 1.82) is 0 Å². The highest BCUT2D eigenvalue weighted by atomic mass is 32.2. The number of amides is 1. The third kappa shape index (κ3) is 4.14. The molecule has 0 heterocycles. The van der Waals surface area contributed by atoms with Crippen molar-refractivity contribution in [3.8, 4) is 0 Å². The normalized spacial score (nSPS) is 12.9. The number of hydrogen-bond acceptors (Lipinski definition) is 2. The minimum absolute atomic E-state index is 0.117. The van der Waals surface area contributed by atoms with Gasteiger partial charge in [0.05, 0.1) is 0 Å². The average Bonchev–Trinajstić information content (AvgIpc) is 3.00. The molecule has 0 spiro atoms. The van der Waals surface area contributed by atoms with Gasteiger partial charge in [-0.1, -0.05) is 24.3 Å². The molecule has 114 valence electrons. The summed E-state index contributed by atoms with van der Waals surface area (Å²) in [6.45, 7) is 0. The zero-order valence-corrected chi connectivity index (χ0v) is 13.5. The first kappa shape index (κ1) is 15.2. The van der Waals surface area contributed by atoms with Crippen LogP contribution in [0.3, 0.4) is 0 Å². The first-order valence-electron chi connectivity index (χ1n) is 7.91. The molecule has 0 atom stereocenters. The van der Waals surface area contributed by atoms with Gasteiger partial charge in [0.2, 0.25) is 5.91 Å². The smallest absolute Gasteiger partial charge is 0.224 e. The van der Waals surface area contributed by atoms with Crippen LogP contribution in [-0.4, -0.2) is 11.7 Å². The number of anilines is 1. The van der Waals surface area contributed by atoms with Crippen molar-refractivity contribution in [2.45, 2.75) is 37.0 Å². The van der Waals surface area contributed by atoms with Crippen LogP contribution in [-0.2, 0) is 17.6 Å². The second-order valence-corrected chi connectivity index (χ2v) is 6.82. The second kappa shape index (κ2) is 7.50. The van der Waals surface area contributed by atoms with Gasteiger partial charge < -0.3 is 5.32 Å². The predicted octanol–water partition coefficient (Wildman–Crippen LogP) is 4.69. The van der Waals surface area contributed by atoms with Crippen LogP contribution in [0, 0.1) is 0 Å². The van der Waals surface area contributed by atoms with Gasteiger partial charge in [0.25, 0.3) is 0 Å². The Bertz CT molecular complexity index is 639. The fourth-order valence-electron chi connectivity index (χ4n) is 2.81. The summed E-state index contributed by atoms with van der Waals surface area (Å²) in [6, 6.07) is 16.6. The Morgan fingerprint density at radius 1 is 1.05 bits per heavy atom. The zero-order chi connectivity index (χ0) is 15.2. The number of aryl methyl sites for hydroxylation is 2. The number of thioether (sulfide) groups is 1. The van der Waals surface area contributed by atoms with Crippen LogP contribution in [0.2, 0.25) is 0 Å². The minimum Gasteiger partial charge on any atom is -0.326 e. The third-order valence-corrected chi connectivity index (χ3v) is 5.04. The van der Waals surface area contributed by atoms with E-state index in [1.165, 1.54) is 28.9 Å². The molecule has 1 N–H and O–H groups in total. The van der Waals surface area contributed by atoms with Gasteiger partial charge in [-0.3, -0.25) is 4.79 Å². The van der Waals surface area contributed by atoms with Crippen molar-refractivity contribution in [1.82, 2.24) is 0 Å². The van der Waals surface area contributed by atoms with Crippen molar-refractivity contribution in [3.63, 3.8) is 0 Å². The number of fused-ring (bicyclic) bond motifs is 1. The van der Waals surface area contributed by atoms with Gasteiger partial charge in [0.15, 0.2) is 0 Å². The van der Waals surface area contributed by atoms with E-state index in [-0.39, 0.29) is 5.91 Å². The molecular weight excluding hydrogens is 290 g/mol. The van der Waals surface area contributed by atoms with Crippen LogP contribution in [0.1, 0.15) is 30.4 Å². The molecule has 2 aromatic rings. The Morgan fingerprint density at radius 2 is 1.86 bits per heavy atom. The first-order chi connectivity index (χ1) is 10.8. The fraction of sp³-hybridized carbons (Fsp3) is 0.316. The van der Waals surface area contributed by atoms with Crippen LogP contribution in [0.4, 0.5) is 5.69 Å². The van der Waals surface area contributed by atoms with Crippen molar-refractivity contribution >= 4 is 23.4 Å². The number of benzene rings is 2. The van der Waals surface area contributed by atoms with Crippen molar-refractivity contribution in [2.75, 3.05) is 11.1 Å². The van der Waals surface area contributed by atoms with E-state index in [0.717, 1.165) is 24.3 Å². The van der Waals surface area contributed by atoms with E-state index in [1.807, 2.05) is 24.3 Å². The van der Waals surface area contributed by atoms with E-state index in [4.69, 9.17) is 0 Å². The zero-order valence-electron chi connectivity index (χ0n) is 12.7. The van der Waals surface area contributed by atoms with E-state index in [1.54, 1.807) is 11.8 Å². The van der Waals surface area contributed by atoms with Crippen LogP contribution < -0.4 is 5.32 Å². The summed E-state index contributed by atoms with van der Waals surface area (Å²) in [5, 5.41) is 3.02. The lowest BCUT2D eigenvalue weighted by Crippen LogP contribution is -2.11. The molecule has 1 amide bonds. The van der Waals surface area contributed by atoms with Gasteiger partial charge in [-0.15, -0.1) is 11.8 Å². The maximum Gasteiger partial charge on any atom is 0.224 e. The molecular formula is C19H21NOS. The largest absolute Gasteiger partial charge is 0.326 e. The lowest BCUT2D eigenvalue weighted by molar-refractivity contribution is -0.116. The summed E-state index contributed by atoms with van der Waals surface area (Å²) in [6.07, 6.45) is 5.05. The molecule has 2 aromatic carbocycles. The topological polar surface area (TPSA) is 29.1 Å². The minimum atomic E-state index is 0.117. The molecule has 2 nitrogen and oxygen atoms in total. The molecule has 0 saturated heterocycles. The molecule has 1 aliphatic carbocycles. The van der Waals surface area contributed by atoms with Crippen LogP contribution in [0.15, 0.2) is 53.4 Å². The molecule has 0 aromatic heterocycles. The van der Waals surface area contributed by atoms with Gasteiger partial charge >= 0.3 is 0 Å². The Balaban J connectivity index is 1.41. The molecule has 0 aliphatic heterocycles. The van der Waals surface area contributed by atoms with Crippen molar-refractivity contribution < 1.29 is 4.79 Å². The summed E-state index contributed by atoms with van der Waals surface area (Å²) >= 11 is 1.80. The van der Waals surface area contributed by atoms with Crippen molar-refractivity contribution in [2.24, 2.45) is 0 Å². The monoisotopic (exact) mass is 311 g/mol. The molecule has 22 heavy (non-hydrogen) atoms. The second-order valence-electron chi connectivity index (χ2n) is 5.65. The predicted molar refractivity (Wildman–Crippen MR) is 93.5 cm³/mol. The molecule has 3 heteroatoms. The highest BCUT2D eigenvalue weighted by molar-refractivity contribution is 7.99. The standard InChI is InChI=1S/C19H21NOS/c21-19(10-5-13-22-18-8-2-1-3-9-18)20-17-12-11-15-6-4-7-16(15)14-17/h1-3,8-9,11-12,14H,4-7,10,13H2,(H,20,21). The summed E-state index contributed by atoms with van der Waals surface area (Å²) in [7, 11) is 0. The first-order valence-corrected chi connectivity index (χ1v) is 8.89. The maximum atomic E-state index is 12.0. The van der Waals surface area contributed by atoms with E-state index < -0.39 is 0 Å². The Kier molecular flexibility index (Phi) is 5.17. The summed E-state index contributed by atoms with van der Waals surface area (Å²) in [5.41, 5.74) is 3.79. The van der Waals surface area contributed by atoms with Gasteiger partial charge in [-0.2, -0.15) is 0 Å². The quantitative estimate of drug-likeness (QED) is 0.619.